The van der Waals surface area contributed by atoms with E-state index in [9.17, 15) is 4.79 Å². The molecule has 1 saturated heterocycles. The molecule has 0 spiro atoms. The highest BCUT2D eigenvalue weighted by Crippen LogP contribution is 2.36. The molecule has 196 valence electrons. The molecule has 5 heterocycles. The predicted molar refractivity (Wildman–Crippen MR) is 143 cm³/mol. The molecule has 2 bridgehead atoms. The molecule has 1 N–H and O–H groups in total. The van der Waals surface area contributed by atoms with Gasteiger partial charge in [0.25, 0.3) is 0 Å². The Kier molecular flexibility index (Phi) is 5.66. The Hall–Kier alpha value is -4.28. The van der Waals surface area contributed by atoms with E-state index in [0.717, 1.165) is 52.1 Å². The SMILES string of the molecule is CN(c1ccc(-c2ccc(-c3cnn(C)n3)c3cn[nH]c23)nn1)C1C[C@H]2C=C[C@@H](C1)N2C(=O)OC(C)(C)C. The Morgan fingerprint density at radius 2 is 1.76 bits per heavy atom. The Labute approximate surface area is 220 Å². The number of aromatic nitrogens is 7. The number of benzene rings is 1. The van der Waals surface area contributed by atoms with Gasteiger partial charge in [-0.25, -0.2) is 4.79 Å². The second-order valence-electron chi connectivity index (χ2n) is 11.0. The first-order valence-electron chi connectivity index (χ1n) is 12.8. The average molecular weight is 514 g/mol. The molecule has 0 radical (unpaired) electrons. The molecule has 4 aromatic rings. The lowest BCUT2D eigenvalue weighted by Gasteiger charge is -2.42. The summed E-state index contributed by atoms with van der Waals surface area (Å²) in [5.41, 5.74) is 3.77. The second-order valence-corrected chi connectivity index (χ2v) is 11.0. The van der Waals surface area contributed by atoms with Gasteiger partial charge in [0.05, 0.1) is 35.7 Å². The fourth-order valence-electron chi connectivity index (χ4n) is 5.41. The lowest BCUT2D eigenvalue weighted by atomic mass is 9.95. The molecule has 11 heteroatoms. The summed E-state index contributed by atoms with van der Waals surface area (Å²) in [6.45, 7) is 5.69. The van der Waals surface area contributed by atoms with Gasteiger partial charge in [0.2, 0.25) is 0 Å². The number of aromatic amines is 1. The van der Waals surface area contributed by atoms with E-state index in [0.29, 0.717) is 0 Å². The summed E-state index contributed by atoms with van der Waals surface area (Å²) < 4.78 is 5.65. The molecule has 3 aromatic heterocycles. The molecule has 6 rings (SSSR count). The predicted octanol–water partition coefficient (Wildman–Crippen LogP) is 3.96. The van der Waals surface area contributed by atoms with E-state index >= 15 is 0 Å². The van der Waals surface area contributed by atoms with Gasteiger partial charge in [-0.15, -0.1) is 10.2 Å². The number of ether oxygens (including phenoxy) is 1. The monoisotopic (exact) mass is 513 g/mol. The van der Waals surface area contributed by atoms with E-state index in [-0.39, 0.29) is 24.2 Å². The van der Waals surface area contributed by atoms with Crippen LogP contribution in [0.1, 0.15) is 33.6 Å². The topological polar surface area (TPSA) is 118 Å². The van der Waals surface area contributed by atoms with E-state index in [1.54, 1.807) is 24.2 Å². The van der Waals surface area contributed by atoms with Crippen molar-refractivity contribution in [1.82, 2.24) is 40.3 Å². The third-order valence-corrected chi connectivity index (χ3v) is 7.23. The third-order valence-electron chi connectivity index (χ3n) is 7.23. The van der Waals surface area contributed by atoms with Gasteiger partial charge in [-0.1, -0.05) is 18.2 Å². The maximum Gasteiger partial charge on any atom is 0.411 e. The average Bonchev–Trinajstić information content (AvgIpc) is 3.60. The van der Waals surface area contributed by atoms with Crippen LogP contribution < -0.4 is 4.90 Å². The van der Waals surface area contributed by atoms with Gasteiger partial charge in [-0.2, -0.15) is 20.1 Å². The van der Waals surface area contributed by atoms with Crippen molar-refractivity contribution in [2.75, 3.05) is 11.9 Å². The fraction of sp³-hybridized carbons (Fsp3) is 0.407. The summed E-state index contributed by atoms with van der Waals surface area (Å²) in [5.74, 6) is 0.793. The highest BCUT2D eigenvalue weighted by Gasteiger charge is 2.43. The number of amides is 1. The Balaban J connectivity index is 1.19. The summed E-state index contributed by atoms with van der Waals surface area (Å²) >= 11 is 0. The van der Waals surface area contributed by atoms with Crippen LogP contribution >= 0.6 is 0 Å². The molecule has 38 heavy (non-hydrogen) atoms. The number of carbonyl (C=O) groups is 1. The van der Waals surface area contributed by atoms with Crippen molar-refractivity contribution in [3.8, 4) is 22.5 Å². The molecule has 0 aliphatic carbocycles. The first-order valence-corrected chi connectivity index (χ1v) is 12.8. The Morgan fingerprint density at radius 1 is 1.03 bits per heavy atom. The number of anilines is 1. The van der Waals surface area contributed by atoms with Crippen LogP contribution in [-0.4, -0.2) is 77.2 Å². The number of H-pyrrole nitrogens is 1. The first-order chi connectivity index (χ1) is 18.2. The van der Waals surface area contributed by atoms with Crippen LogP contribution in [0.4, 0.5) is 10.6 Å². The lowest BCUT2D eigenvalue weighted by molar-refractivity contribution is 0.00893. The van der Waals surface area contributed by atoms with Gasteiger partial charge in [0, 0.05) is 36.7 Å². The summed E-state index contributed by atoms with van der Waals surface area (Å²) in [6, 6.07) is 8.27. The minimum atomic E-state index is -0.515. The number of piperidine rings is 1. The van der Waals surface area contributed by atoms with Crippen molar-refractivity contribution in [2.45, 2.75) is 57.3 Å². The molecule has 2 aliphatic rings. The molecule has 11 nitrogen and oxygen atoms in total. The van der Waals surface area contributed by atoms with Crippen LogP contribution in [0.3, 0.4) is 0 Å². The van der Waals surface area contributed by atoms with Crippen molar-refractivity contribution in [1.29, 1.82) is 0 Å². The number of nitrogens with one attached hydrogen (secondary N) is 1. The van der Waals surface area contributed by atoms with Gasteiger partial charge in [0.1, 0.15) is 11.3 Å². The van der Waals surface area contributed by atoms with E-state index in [4.69, 9.17) is 4.74 Å². The van der Waals surface area contributed by atoms with Gasteiger partial charge >= 0.3 is 6.09 Å². The third kappa shape index (κ3) is 4.27. The maximum absolute atomic E-state index is 12.8. The van der Waals surface area contributed by atoms with Crippen molar-refractivity contribution in [2.24, 2.45) is 7.05 Å². The summed E-state index contributed by atoms with van der Waals surface area (Å²) in [7, 11) is 3.84. The molecule has 0 saturated carbocycles. The van der Waals surface area contributed by atoms with E-state index < -0.39 is 5.60 Å². The lowest BCUT2D eigenvalue weighted by Crippen LogP contribution is -2.53. The van der Waals surface area contributed by atoms with E-state index in [2.05, 4.69) is 47.6 Å². The van der Waals surface area contributed by atoms with Gasteiger partial charge in [-0.3, -0.25) is 10.00 Å². The number of rotatable bonds is 4. The maximum atomic E-state index is 12.8. The smallest absolute Gasteiger partial charge is 0.411 e. The fourth-order valence-corrected chi connectivity index (χ4v) is 5.41. The Morgan fingerprint density at radius 3 is 2.39 bits per heavy atom. The van der Waals surface area contributed by atoms with Crippen molar-refractivity contribution >= 4 is 22.8 Å². The van der Waals surface area contributed by atoms with Crippen molar-refractivity contribution in [3.63, 3.8) is 0 Å². The molecule has 1 unspecified atom stereocenters. The molecule has 1 fully saturated rings. The van der Waals surface area contributed by atoms with Crippen LogP contribution in [0, 0.1) is 0 Å². The number of hydrogen-bond donors (Lipinski definition) is 1. The van der Waals surface area contributed by atoms with Crippen LogP contribution in [0.2, 0.25) is 0 Å². The van der Waals surface area contributed by atoms with Gasteiger partial charge < -0.3 is 9.64 Å². The molecular formula is C27H31N9O2. The summed E-state index contributed by atoms with van der Waals surface area (Å²) in [4.78, 5) is 18.4. The Bertz CT molecular complexity index is 1500. The summed E-state index contributed by atoms with van der Waals surface area (Å²) in [5, 5.41) is 26.1. The largest absolute Gasteiger partial charge is 0.444 e. The number of nitrogens with zero attached hydrogens (tertiary/aromatic N) is 8. The molecule has 1 amide bonds. The van der Waals surface area contributed by atoms with Gasteiger partial charge in [0.15, 0.2) is 5.82 Å². The first kappa shape index (κ1) is 24.1. The molecule has 1 aromatic carbocycles. The number of carbonyl (C=O) groups excluding carboxylic acids is 1. The van der Waals surface area contributed by atoms with E-state index in [1.807, 2.05) is 57.0 Å². The summed E-state index contributed by atoms with van der Waals surface area (Å²) in [6.07, 6.45) is 9.15. The van der Waals surface area contributed by atoms with Crippen molar-refractivity contribution < 1.29 is 9.53 Å². The number of aryl methyl sites for hydroxylation is 1. The number of fused-ring (bicyclic) bond motifs is 3. The minimum Gasteiger partial charge on any atom is -0.444 e. The minimum absolute atomic E-state index is 0.0183. The van der Waals surface area contributed by atoms with Crippen LogP contribution in [0.15, 0.2) is 48.8 Å². The van der Waals surface area contributed by atoms with Gasteiger partial charge in [-0.05, 0) is 51.8 Å². The zero-order valence-electron chi connectivity index (χ0n) is 22.2. The van der Waals surface area contributed by atoms with E-state index in [1.165, 1.54) is 0 Å². The molecule has 3 atom stereocenters. The number of hydrogen-bond acceptors (Lipinski definition) is 8. The second kappa shape index (κ2) is 8.93. The molecule has 2 aliphatic heterocycles. The zero-order valence-corrected chi connectivity index (χ0v) is 22.2. The van der Waals surface area contributed by atoms with Crippen LogP contribution in [0.5, 0.6) is 0 Å². The highest BCUT2D eigenvalue weighted by atomic mass is 16.6. The zero-order chi connectivity index (χ0) is 26.6. The van der Waals surface area contributed by atoms with Crippen molar-refractivity contribution in [3.05, 3.63) is 48.8 Å². The highest BCUT2D eigenvalue weighted by molar-refractivity contribution is 6.01. The molecular weight excluding hydrogens is 482 g/mol. The standard InChI is InChI=1S/C27H31N9O2/c1-27(2,3)38-26(37)36-16-6-7-17(36)13-18(12-16)34(4)24-11-10-22(30-31-24)20-9-8-19(21-14-28-32-25(20)21)23-15-29-35(5)33-23/h6-11,14-18H,12-13H2,1-5H3,(H,28,32)/t16-,17+,18?. The quantitative estimate of drug-likeness (QED) is 0.408. The normalized spacial score (nSPS) is 20.8. The van der Waals surface area contributed by atoms with Crippen LogP contribution in [0.25, 0.3) is 33.4 Å². The van der Waals surface area contributed by atoms with Crippen LogP contribution in [-0.2, 0) is 11.8 Å².